The van der Waals surface area contributed by atoms with Gasteiger partial charge >= 0.3 is 0 Å². The highest BCUT2D eigenvalue weighted by Gasteiger charge is 2.21. The average Bonchev–Trinajstić information content (AvgIpc) is 2.92. The summed E-state index contributed by atoms with van der Waals surface area (Å²) in [5.41, 5.74) is 1.71. The molecular weight excluding hydrogens is 296 g/mol. The average molecular weight is 314 g/mol. The van der Waals surface area contributed by atoms with Gasteiger partial charge in [0, 0.05) is 5.56 Å². The summed E-state index contributed by atoms with van der Waals surface area (Å²) < 4.78 is 5.23. The molecule has 22 heavy (non-hydrogen) atoms. The minimum atomic E-state index is -0.0889. The second-order valence-electron chi connectivity index (χ2n) is 6.23. The zero-order valence-corrected chi connectivity index (χ0v) is 13.9. The lowest BCUT2D eigenvalue weighted by atomic mass is 9.87. The maximum atomic E-state index is 12.5. The predicted molar refractivity (Wildman–Crippen MR) is 90.9 cm³/mol. The molecule has 0 spiro atoms. The largest absolute Gasteiger partial charge is 0.497 e. The maximum Gasteiger partial charge on any atom is 0.260 e. The molecule has 0 amide bonds. The van der Waals surface area contributed by atoms with Crippen LogP contribution in [0.15, 0.2) is 34.4 Å². The van der Waals surface area contributed by atoms with E-state index in [1.54, 1.807) is 7.11 Å². The lowest BCUT2D eigenvalue weighted by Crippen LogP contribution is -2.16. The summed E-state index contributed by atoms with van der Waals surface area (Å²) in [5, 5.41) is 2.73. The van der Waals surface area contributed by atoms with Crippen molar-refractivity contribution in [3.05, 3.63) is 45.6 Å². The number of benzene rings is 1. The number of methoxy groups -OCH3 is 1. The van der Waals surface area contributed by atoms with Gasteiger partial charge in [-0.05, 0) is 28.5 Å². The number of aromatic nitrogens is 2. The van der Waals surface area contributed by atoms with Gasteiger partial charge in [0.25, 0.3) is 5.56 Å². The van der Waals surface area contributed by atoms with Crippen LogP contribution in [0.2, 0.25) is 0 Å². The van der Waals surface area contributed by atoms with Crippen molar-refractivity contribution in [1.82, 2.24) is 9.97 Å². The van der Waals surface area contributed by atoms with Crippen LogP contribution in [0.4, 0.5) is 0 Å². The highest BCUT2D eigenvalue weighted by molar-refractivity contribution is 7.16. The van der Waals surface area contributed by atoms with Gasteiger partial charge in [-0.3, -0.25) is 4.79 Å². The smallest absolute Gasteiger partial charge is 0.260 e. The number of nitrogens with one attached hydrogen (secondary N) is 1. The molecule has 0 saturated carbocycles. The third-order valence-electron chi connectivity index (χ3n) is 3.60. The molecule has 114 valence electrons. The first-order valence-electron chi connectivity index (χ1n) is 7.06. The summed E-state index contributed by atoms with van der Waals surface area (Å²) >= 11 is 1.51. The van der Waals surface area contributed by atoms with Gasteiger partial charge in [0.2, 0.25) is 0 Å². The molecule has 0 aliphatic heterocycles. The number of nitrogens with zero attached hydrogens (tertiary/aromatic N) is 1. The van der Waals surface area contributed by atoms with Crippen molar-refractivity contribution in [2.75, 3.05) is 7.11 Å². The monoisotopic (exact) mass is 314 g/mol. The van der Waals surface area contributed by atoms with Crippen LogP contribution in [0.1, 0.15) is 26.3 Å². The predicted octanol–water partition coefficient (Wildman–Crippen LogP) is 3.96. The Morgan fingerprint density at radius 3 is 2.73 bits per heavy atom. The molecule has 0 fully saturated rings. The number of fused-ring (bicyclic) bond motifs is 1. The second kappa shape index (κ2) is 5.25. The van der Waals surface area contributed by atoms with E-state index in [2.05, 4.69) is 30.7 Å². The lowest BCUT2D eigenvalue weighted by Gasteiger charge is -2.17. The van der Waals surface area contributed by atoms with E-state index in [1.165, 1.54) is 11.3 Å². The van der Waals surface area contributed by atoms with Crippen molar-refractivity contribution in [2.45, 2.75) is 26.2 Å². The quantitative estimate of drug-likeness (QED) is 0.779. The Labute approximate surface area is 132 Å². The highest BCUT2D eigenvalue weighted by atomic mass is 32.1. The minimum Gasteiger partial charge on any atom is -0.497 e. The number of thiophene rings is 1. The van der Waals surface area contributed by atoms with Gasteiger partial charge < -0.3 is 9.72 Å². The Bertz CT molecular complexity index is 888. The lowest BCUT2D eigenvalue weighted by molar-refractivity contribution is 0.415. The fraction of sp³-hybridized carbons (Fsp3) is 0.294. The number of aromatic amines is 1. The first-order chi connectivity index (χ1) is 10.4. The van der Waals surface area contributed by atoms with Gasteiger partial charge in [-0.25, -0.2) is 4.98 Å². The molecule has 0 saturated heterocycles. The van der Waals surface area contributed by atoms with Crippen LogP contribution < -0.4 is 10.3 Å². The van der Waals surface area contributed by atoms with Crippen molar-refractivity contribution in [2.24, 2.45) is 0 Å². The van der Waals surface area contributed by atoms with Gasteiger partial charge in [-0.15, -0.1) is 11.3 Å². The maximum absolute atomic E-state index is 12.5. The number of hydrogen-bond donors (Lipinski definition) is 1. The third kappa shape index (κ3) is 2.52. The van der Waals surface area contributed by atoms with E-state index in [1.807, 2.05) is 29.6 Å². The number of rotatable bonds is 2. The molecular formula is C17H18N2O2S. The number of ether oxygens (including phenoxy) is 1. The van der Waals surface area contributed by atoms with Gasteiger partial charge in [0.05, 0.1) is 12.5 Å². The molecule has 4 nitrogen and oxygen atoms in total. The summed E-state index contributed by atoms with van der Waals surface area (Å²) in [6, 6.07) is 7.52. The molecule has 0 bridgehead atoms. The van der Waals surface area contributed by atoms with E-state index < -0.39 is 0 Å². The molecule has 5 heteroatoms. The van der Waals surface area contributed by atoms with E-state index in [0.717, 1.165) is 21.7 Å². The van der Waals surface area contributed by atoms with Crippen LogP contribution >= 0.6 is 11.3 Å². The molecule has 2 heterocycles. The molecule has 0 atom stereocenters. The van der Waals surface area contributed by atoms with Gasteiger partial charge in [-0.2, -0.15) is 0 Å². The first-order valence-corrected chi connectivity index (χ1v) is 7.94. The van der Waals surface area contributed by atoms with E-state index in [4.69, 9.17) is 4.74 Å². The molecule has 0 aliphatic carbocycles. The molecule has 0 aliphatic rings. The number of hydrogen-bond acceptors (Lipinski definition) is 4. The molecule has 3 aromatic rings. The fourth-order valence-electron chi connectivity index (χ4n) is 2.41. The van der Waals surface area contributed by atoms with E-state index in [0.29, 0.717) is 11.2 Å². The fourth-order valence-corrected chi connectivity index (χ4v) is 3.57. The Balaban J connectivity index is 2.20. The topological polar surface area (TPSA) is 55.0 Å². The third-order valence-corrected chi connectivity index (χ3v) is 4.47. The SMILES string of the molecule is COc1cccc(-c2nc3scc(C(C)(C)C)c3c(=O)[nH]2)c1. The highest BCUT2D eigenvalue weighted by Crippen LogP contribution is 2.32. The number of H-pyrrole nitrogens is 1. The van der Waals surface area contributed by atoms with Crippen LogP contribution in [-0.2, 0) is 5.41 Å². The Kier molecular flexibility index (Phi) is 3.53. The van der Waals surface area contributed by atoms with Crippen LogP contribution in [-0.4, -0.2) is 17.1 Å². The summed E-state index contributed by atoms with van der Waals surface area (Å²) in [6.45, 7) is 6.30. The van der Waals surface area contributed by atoms with Gasteiger partial charge in [0.15, 0.2) is 0 Å². The Morgan fingerprint density at radius 2 is 2.05 bits per heavy atom. The van der Waals surface area contributed by atoms with Crippen molar-refractivity contribution < 1.29 is 4.74 Å². The van der Waals surface area contributed by atoms with Gasteiger partial charge in [-0.1, -0.05) is 32.9 Å². The molecule has 0 unspecified atom stereocenters. The van der Waals surface area contributed by atoms with Crippen molar-refractivity contribution in [3.8, 4) is 17.1 Å². The minimum absolute atomic E-state index is 0.0790. The zero-order chi connectivity index (χ0) is 15.9. The molecule has 0 radical (unpaired) electrons. The summed E-state index contributed by atoms with van der Waals surface area (Å²) in [6.07, 6.45) is 0. The standard InChI is InChI=1S/C17H18N2O2S/c1-17(2,3)12-9-22-16-13(12)15(20)18-14(19-16)10-6-5-7-11(8-10)21-4/h5-9H,1-4H3,(H,18,19,20). The molecule has 1 N–H and O–H groups in total. The molecule has 3 rings (SSSR count). The van der Waals surface area contributed by atoms with Crippen molar-refractivity contribution in [3.63, 3.8) is 0 Å². The van der Waals surface area contributed by atoms with Crippen molar-refractivity contribution in [1.29, 1.82) is 0 Å². The summed E-state index contributed by atoms with van der Waals surface area (Å²) in [4.78, 5) is 20.8. The normalized spacial score (nSPS) is 11.8. The van der Waals surface area contributed by atoms with Gasteiger partial charge in [0.1, 0.15) is 16.4 Å². The van der Waals surface area contributed by atoms with E-state index in [9.17, 15) is 4.79 Å². The first kappa shape index (κ1) is 14.8. The van der Waals surface area contributed by atoms with Crippen LogP contribution in [0.5, 0.6) is 5.75 Å². The summed E-state index contributed by atoms with van der Waals surface area (Å²) in [7, 11) is 1.62. The molecule has 2 aromatic heterocycles. The zero-order valence-electron chi connectivity index (χ0n) is 13.1. The van der Waals surface area contributed by atoms with Crippen LogP contribution in [0.3, 0.4) is 0 Å². The van der Waals surface area contributed by atoms with Crippen molar-refractivity contribution >= 4 is 21.6 Å². The second-order valence-corrected chi connectivity index (χ2v) is 7.08. The van der Waals surface area contributed by atoms with Crippen LogP contribution in [0.25, 0.3) is 21.6 Å². The molecule has 1 aromatic carbocycles. The van der Waals surface area contributed by atoms with Crippen LogP contribution in [0, 0.1) is 0 Å². The Hall–Kier alpha value is -2.14. The summed E-state index contributed by atoms with van der Waals surface area (Å²) in [5.74, 6) is 1.31. The Morgan fingerprint density at radius 1 is 1.27 bits per heavy atom. The van der Waals surface area contributed by atoms with E-state index >= 15 is 0 Å². The van der Waals surface area contributed by atoms with E-state index in [-0.39, 0.29) is 11.0 Å².